The third kappa shape index (κ3) is 8.83. The van der Waals surface area contributed by atoms with Crippen LogP contribution in [0.15, 0.2) is 108 Å². The molecule has 0 spiro atoms. The van der Waals surface area contributed by atoms with Crippen molar-refractivity contribution in [2.24, 2.45) is 0 Å². The van der Waals surface area contributed by atoms with E-state index < -0.39 is 56.9 Å². The number of sulfonamides is 1. The summed E-state index contributed by atoms with van der Waals surface area (Å²) >= 11 is 5.85. The van der Waals surface area contributed by atoms with Crippen LogP contribution in [0.1, 0.15) is 23.6 Å². The molecule has 4 aromatic carbocycles. The average molecular weight is 688 g/mol. The van der Waals surface area contributed by atoms with Crippen molar-refractivity contribution in [1.29, 1.82) is 0 Å². The van der Waals surface area contributed by atoms with Crippen LogP contribution in [-0.4, -0.2) is 51.4 Å². The minimum atomic E-state index is -4.91. The highest BCUT2D eigenvalue weighted by Crippen LogP contribution is 2.38. The Hall–Kier alpha value is -4.55. The summed E-state index contributed by atoms with van der Waals surface area (Å²) in [5.74, 6) is -0.833. The van der Waals surface area contributed by atoms with Crippen LogP contribution in [0.25, 0.3) is 0 Å². The first kappa shape index (κ1) is 35.3. The van der Waals surface area contributed by atoms with Gasteiger partial charge in [0.2, 0.25) is 11.8 Å². The second-order valence-corrected chi connectivity index (χ2v) is 12.7. The van der Waals surface area contributed by atoms with E-state index in [4.69, 9.17) is 16.3 Å². The lowest BCUT2D eigenvalue weighted by atomic mass is 10.0. The van der Waals surface area contributed by atoms with Crippen molar-refractivity contribution < 1.29 is 35.9 Å². The quantitative estimate of drug-likeness (QED) is 0.177. The van der Waals surface area contributed by atoms with Gasteiger partial charge in [-0.25, -0.2) is 8.42 Å². The fraction of sp³-hybridized carbons (Fsp3) is 0.235. The number of rotatable bonds is 13. The molecule has 0 saturated heterocycles. The highest BCUT2D eigenvalue weighted by molar-refractivity contribution is 7.92. The van der Waals surface area contributed by atoms with Gasteiger partial charge < -0.3 is 15.0 Å². The minimum absolute atomic E-state index is 0.0764. The van der Waals surface area contributed by atoms with Gasteiger partial charge in [0, 0.05) is 19.5 Å². The fourth-order valence-corrected chi connectivity index (χ4v) is 6.60. The standard InChI is InChI=1S/C34H33ClF3N3O5S/c1-3-39-33(43)31(20-24-11-6-4-7-12-24)40(22-25-13-10-14-27(19-25)46-2)32(42)23-41(47(44,45)28-15-8-5-9-16-28)26-17-18-30(35)29(21-26)34(36,37)38/h4-19,21,31H,3,20,22-23H2,1-2H3,(H,39,43). The number of nitrogens with zero attached hydrogens (tertiary/aromatic N) is 2. The Morgan fingerprint density at radius 1 is 0.894 bits per heavy atom. The zero-order valence-electron chi connectivity index (χ0n) is 25.6. The Balaban J connectivity index is 1.86. The Kier molecular flexibility index (Phi) is 11.5. The minimum Gasteiger partial charge on any atom is -0.497 e. The first-order chi connectivity index (χ1) is 22.3. The lowest BCUT2D eigenvalue weighted by molar-refractivity contribution is -0.140. The van der Waals surface area contributed by atoms with Gasteiger partial charge in [-0.2, -0.15) is 13.2 Å². The van der Waals surface area contributed by atoms with E-state index in [9.17, 15) is 31.2 Å². The number of alkyl halides is 3. The number of carbonyl (C=O) groups is 2. The molecule has 4 rings (SSSR count). The summed E-state index contributed by atoms with van der Waals surface area (Å²) in [6, 6.07) is 24.3. The van der Waals surface area contributed by atoms with E-state index in [2.05, 4.69) is 5.32 Å². The molecule has 0 saturated carbocycles. The van der Waals surface area contributed by atoms with Crippen molar-refractivity contribution in [2.75, 3.05) is 24.5 Å². The molecule has 47 heavy (non-hydrogen) atoms. The Labute approximate surface area is 276 Å². The van der Waals surface area contributed by atoms with Gasteiger partial charge in [-0.05, 0) is 60.5 Å². The summed E-state index contributed by atoms with van der Waals surface area (Å²) < 4.78 is 75.7. The lowest BCUT2D eigenvalue weighted by Gasteiger charge is -2.34. The molecule has 0 aliphatic carbocycles. The van der Waals surface area contributed by atoms with Gasteiger partial charge in [-0.15, -0.1) is 0 Å². The van der Waals surface area contributed by atoms with E-state index in [1.807, 2.05) is 0 Å². The van der Waals surface area contributed by atoms with E-state index >= 15 is 0 Å². The van der Waals surface area contributed by atoms with E-state index in [1.54, 1.807) is 67.6 Å². The molecular formula is C34H33ClF3N3O5S. The predicted octanol–water partition coefficient (Wildman–Crippen LogP) is 6.34. The first-order valence-electron chi connectivity index (χ1n) is 14.5. The zero-order valence-corrected chi connectivity index (χ0v) is 27.1. The molecule has 4 aromatic rings. The first-order valence-corrected chi connectivity index (χ1v) is 16.4. The number of likely N-dealkylation sites (N-methyl/N-ethyl adjacent to an activating group) is 1. The van der Waals surface area contributed by atoms with Crippen LogP contribution in [0.2, 0.25) is 5.02 Å². The molecule has 0 bridgehead atoms. The van der Waals surface area contributed by atoms with Gasteiger partial charge in [0.25, 0.3) is 10.0 Å². The van der Waals surface area contributed by atoms with Gasteiger partial charge in [-0.1, -0.05) is 72.3 Å². The molecule has 0 fully saturated rings. The monoisotopic (exact) mass is 687 g/mol. The highest BCUT2D eigenvalue weighted by Gasteiger charge is 2.37. The maximum atomic E-state index is 14.4. The van der Waals surface area contributed by atoms with Crippen molar-refractivity contribution in [3.8, 4) is 5.75 Å². The maximum absolute atomic E-state index is 14.4. The Morgan fingerprint density at radius 2 is 1.53 bits per heavy atom. The zero-order chi connectivity index (χ0) is 34.2. The molecule has 8 nitrogen and oxygen atoms in total. The third-order valence-electron chi connectivity index (χ3n) is 7.26. The lowest BCUT2D eigenvalue weighted by Crippen LogP contribution is -2.53. The van der Waals surface area contributed by atoms with Crippen LogP contribution in [0.5, 0.6) is 5.75 Å². The van der Waals surface area contributed by atoms with Crippen LogP contribution >= 0.6 is 11.6 Å². The summed E-state index contributed by atoms with van der Waals surface area (Å²) in [5, 5.41) is 2.12. The SMILES string of the molecule is CCNC(=O)C(Cc1ccccc1)N(Cc1cccc(OC)c1)C(=O)CN(c1ccc(Cl)c(C(F)(F)F)c1)S(=O)(=O)c1ccccc1. The summed E-state index contributed by atoms with van der Waals surface area (Å²) in [5.41, 5.74) is -0.398. The number of nitrogens with one attached hydrogen (secondary N) is 1. The van der Waals surface area contributed by atoms with Crippen LogP contribution in [0.3, 0.4) is 0 Å². The largest absolute Gasteiger partial charge is 0.497 e. The second kappa shape index (κ2) is 15.4. The smallest absolute Gasteiger partial charge is 0.417 e. The van der Waals surface area contributed by atoms with Crippen molar-refractivity contribution in [1.82, 2.24) is 10.2 Å². The molecule has 1 unspecified atom stereocenters. The maximum Gasteiger partial charge on any atom is 0.417 e. The summed E-state index contributed by atoms with van der Waals surface area (Å²) in [6.45, 7) is 0.909. The van der Waals surface area contributed by atoms with E-state index in [0.717, 1.165) is 17.7 Å². The number of carbonyl (C=O) groups excluding carboxylic acids is 2. The molecule has 0 aromatic heterocycles. The van der Waals surface area contributed by atoms with Crippen molar-refractivity contribution >= 4 is 39.1 Å². The number of ether oxygens (including phenoxy) is 1. The number of halogens is 4. The number of methoxy groups -OCH3 is 1. The topological polar surface area (TPSA) is 96.0 Å². The molecule has 1 atom stereocenters. The summed E-state index contributed by atoms with van der Waals surface area (Å²) in [6.07, 6.45) is -4.83. The molecule has 248 valence electrons. The van der Waals surface area contributed by atoms with Crippen LogP contribution < -0.4 is 14.4 Å². The number of amides is 2. The van der Waals surface area contributed by atoms with Crippen LogP contribution in [0.4, 0.5) is 18.9 Å². The summed E-state index contributed by atoms with van der Waals surface area (Å²) in [7, 11) is -3.13. The third-order valence-corrected chi connectivity index (χ3v) is 9.38. The number of hydrogen-bond acceptors (Lipinski definition) is 5. The van der Waals surface area contributed by atoms with Crippen LogP contribution in [-0.2, 0) is 38.8 Å². The predicted molar refractivity (Wildman–Crippen MR) is 174 cm³/mol. The fourth-order valence-electron chi connectivity index (χ4n) is 4.95. The number of anilines is 1. The molecule has 1 N–H and O–H groups in total. The molecule has 0 aliphatic heterocycles. The van der Waals surface area contributed by atoms with Crippen molar-refractivity contribution in [3.63, 3.8) is 0 Å². The highest BCUT2D eigenvalue weighted by atomic mass is 35.5. The van der Waals surface area contributed by atoms with Gasteiger partial charge >= 0.3 is 6.18 Å². The average Bonchev–Trinajstić information content (AvgIpc) is 3.06. The van der Waals surface area contributed by atoms with Gasteiger partial charge in [0.05, 0.1) is 28.3 Å². The van der Waals surface area contributed by atoms with Gasteiger partial charge in [0.1, 0.15) is 18.3 Å². The van der Waals surface area contributed by atoms with E-state index in [1.165, 1.54) is 36.3 Å². The number of hydrogen-bond donors (Lipinski definition) is 1. The summed E-state index contributed by atoms with van der Waals surface area (Å²) in [4.78, 5) is 29.0. The molecule has 0 heterocycles. The molecule has 0 radical (unpaired) electrons. The second-order valence-electron chi connectivity index (χ2n) is 10.5. The molecule has 0 aliphatic rings. The van der Waals surface area contributed by atoms with Gasteiger partial charge in [0.15, 0.2) is 0 Å². The van der Waals surface area contributed by atoms with E-state index in [-0.39, 0.29) is 24.4 Å². The van der Waals surface area contributed by atoms with Crippen LogP contribution in [0, 0.1) is 0 Å². The Morgan fingerprint density at radius 3 is 2.15 bits per heavy atom. The Bertz CT molecular complexity index is 1790. The van der Waals surface area contributed by atoms with Crippen molar-refractivity contribution in [2.45, 2.75) is 37.0 Å². The van der Waals surface area contributed by atoms with Crippen molar-refractivity contribution in [3.05, 3.63) is 125 Å². The molecule has 13 heteroatoms. The number of benzene rings is 4. The molecular weight excluding hydrogens is 655 g/mol. The van der Waals surface area contributed by atoms with Gasteiger partial charge in [-0.3, -0.25) is 13.9 Å². The van der Waals surface area contributed by atoms with E-state index in [0.29, 0.717) is 21.7 Å². The molecule has 2 amide bonds. The normalized spacial score (nSPS) is 12.2.